The molecule has 0 aromatic heterocycles. The van der Waals surface area contributed by atoms with Crippen LogP contribution in [0.3, 0.4) is 0 Å². The quantitative estimate of drug-likeness (QED) is 0.780. The van der Waals surface area contributed by atoms with Crippen molar-refractivity contribution in [3.05, 3.63) is 65.2 Å². The van der Waals surface area contributed by atoms with Gasteiger partial charge in [0.1, 0.15) is 18.5 Å². The summed E-state index contributed by atoms with van der Waals surface area (Å²) in [6.45, 7) is 6.14. The normalized spacial score (nSPS) is 11.8. The molecule has 1 atom stereocenters. The van der Waals surface area contributed by atoms with E-state index in [-0.39, 0.29) is 12.1 Å². The van der Waals surface area contributed by atoms with Crippen LogP contribution >= 0.6 is 0 Å². The van der Waals surface area contributed by atoms with E-state index in [1.54, 1.807) is 12.1 Å². The predicted octanol–water partition coefficient (Wildman–Crippen LogP) is 3.93. The second kappa shape index (κ2) is 6.93. The van der Waals surface area contributed by atoms with Crippen molar-refractivity contribution in [3.63, 3.8) is 0 Å². The summed E-state index contributed by atoms with van der Waals surface area (Å²) in [5.41, 5.74) is 2.81. The maximum absolute atomic E-state index is 12.0. The van der Waals surface area contributed by atoms with Crippen LogP contribution in [0.2, 0.25) is 0 Å². The molecule has 21 heavy (non-hydrogen) atoms. The van der Waals surface area contributed by atoms with Gasteiger partial charge in [-0.15, -0.1) is 0 Å². The Hall–Kier alpha value is -2.29. The molecule has 1 unspecified atom stereocenters. The second-order valence-electron chi connectivity index (χ2n) is 5.21. The Bertz CT molecular complexity index is 602. The van der Waals surface area contributed by atoms with E-state index < -0.39 is 0 Å². The zero-order valence-corrected chi connectivity index (χ0v) is 12.6. The average Bonchev–Trinajstić information content (AvgIpc) is 2.46. The highest BCUT2D eigenvalue weighted by molar-refractivity contribution is 5.89. The van der Waals surface area contributed by atoms with Crippen LogP contribution in [-0.4, -0.2) is 18.7 Å². The van der Waals surface area contributed by atoms with E-state index in [9.17, 15) is 4.79 Å². The summed E-state index contributed by atoms with van der Waals surface area (Å²) in [5, 5.41) is 0. The molecule has 2 aromatic carbocycles. The lowest BCUT2D eigenvalue weighted by Gasteiger charge is -2.14. The van der Waals surface area contributed by atoms with Gasteiger partial charge in [0.25, 0.3) is 0 Å². The minimum absolute atomic E-state index is 0.306. The van der Waals surface area contributed by atoms with Gasteiger partial charge in [-0.25, -0.2) is 4.79 Å². The van der Waals surface area contributed by atoms with Gasteiger partial charge in [0, 0.05) is 0 Å². The number of ether oxygens (including phenoxy) is 2. The predicted molar refractivity (Wildman–Crippen MR) is 82.7 cm³/mol. The van der Waals surface area contributed by atoms with E-state index in [0.29, 0.717) is 12.2 Å². The molecule has 0 aliphatic rings. The van der Waals surface area contributed by atoms with Gasteiger partial charge in [-0.05, 0) is 50.6 Å². The molecule has 0 spiro atoms. The van der Waals surface area contributed by atoms with Crippen molar-refractivity contribution in [1.29, 1.82) is 0 Å². The Morgan fingerprint density at radius 2 is 1.76 bits per heavy atom. The number of hydrogen-bond acceptors (Lipinski definition) is 3. The third-order valence-corrected chi connectivity index (χ3v) is 3.07. The Balaban J connectivity index is 1.85. The molecule has 0 radical (unpaired) electrons. The summed E-state index contributed by atoms with van der Waals surface area (Å²) in [5.74, 6) is 0.462. The SMILES string of the molecule is Cc1ccc(C(=O)OC(C)COc2cccc(C)c2)cc1. The van der Waals surface area contributed by atoms with Crippen molar-refractivity contribution >= 4 is 5.97 Å². The van der Waals surface area contributed by atoms with Crippen LogP contribution in [0.5, 0.6) is 5.75 Å². The summed E-state index contributed by atoms with van der Waals surface area (Å²) in [7, 11) is 0. The maximum Gasteiger partial charge on any atom is 0.338 e. The minimum atomic E-state index is -0.324. The summed E-state index contributed by atoms with van der Waals surface area (Å²) in [6, 6.07) is 15.1. The third kappa shape index (κ3) is 4.63. The fourth-order valence-corrected chi connectivity index (χ4v) is 1.89. The first-order valence-electron chi connectivity index (χ1n) is 7.02. The van der Waals surface area contributed by atoms with E-state index >= 15 is 0 Å². The molecule has 0 fully saturated rings. The first kappa shape index (κ1) is 15.1. The van der Waals surface area contributed by atoms with Crippen LogP contribution < -0.4 is 4.74 Å². The topological polar surface area (TPSA) is 35.5 Å². The summed E-state index contributed by atoms with van der Waals surface area (Å²) >= 11 is 0. The molecule has 3 nitrogen and oxygen atoms in total. The second-order valence-corrected chi connectivity index (χ2v) is 5.21. The minimum Gasteiger partial charge on any atom is -0.490 e. The van der Waals surface area contributed by atoms with Crippen LogP contribution in [0.15, 0.2) is 48.5 Å². The van der Waals surface area contributed by atoms with Gasteiger partial charge in [-0.3, -0.25) is 0 Å². The highest BCUT2D eigenvalue weighted by Crippen LogP contribution is 2.13. The molecule has 0 heterocycles. The van der Waals surface area contributed by atoms with Crippen molar-refractivity contribution in [2.24, 2.45) is 0 Å². The number of carbonyl (C=O) groups is 1. The van der Waals surface area contributed by atoms with Gasteiger partial charge < -0.3 is 9.47 Å². The smallest absolute Gasteiger partial charge is 0.338 e. The van der Waals surface area contributed by atoms with Crippen molar-refractivity contribution in [2.75, 3.05) is 6.61 Å². The van der Waals surface area contributed by atoms with Gasteiger partial charge in [0.05, 0.1) is 5.56 Å². The van der Waals surface area contributed by atoms with Gasteiger partial charge >= 0.3 is 5.97 Å². The molecule has 2 aromatic rings. The number of aryl methyl sites for hydroxylation is 2. The van der Waals surface area contributed by atoms with E-state index in [1.165, 1.54) is 0 Å². The zero-order chi connectivity index (χ0) is 15.2. The monoisotopic (exact) mass is 284 g/mol. The summed E-state index contributed by atoms with van der Waals surface area (Å²) in [4.78, 5) is 12.0. The molecule has 0 amide bonds. The standard InChI is InChI=1S/C18H20O3/c1-13-7-9-16(10-8-13)18(19)21-15(3)12-20-17-6-4-5-14(2)11-17/h4-11,15H,12H2,1-3H3. The van der Waals surface area contributed by atoms with Gasteiger partial charge in [-0.1, -0.05) is 29.8 Å². The van der Waals surface area contributed by atoms with Crippen LogP contribution in [-0.2, 0) is 4.74 Å². The molecular weight excluding hydrogens is 264 g/mol. The molecular formula is C18H20O3. The van der Waals surface area contributed by atoms with Crippen LogP contribution in [0.25, 0.3) is 0 Å². The lowest BCUT2D eigenvalue weighted by atomic mass is 10.1. The number of hydrogen-bond donors (Lipinski definition) is 0. The third-order valence-electron chi connectivity index (χ3n) is 3.07. The van der Waals surface area contributed by atoms with E-state index in [0.717, 1.165) is 16.9 Å². The Labute approximate surface area is 125 Å². The van der Waals surface area contributed by atoms with Crippen molar-refractivity contribution in [3.8, 4) is 5.75 Å². The fraction of sp³-hybridized carbons (Fsp3) is 0.278. The molecule has 0 bridgehead atoms. The number of rotatable bonds is 5. The Morgan fingerprint density at radius 1 is 1.05 bits per heavy atom. The molecule has 0 aliphatic heterocycles. The molecule has 0 saturated heterocycles. The van der Waals surface area contributed by atoms with Crippen molar-refractivity contribution < 1.29 is 14.3 Å². The number of benzene rings is 2. The largest absolute Gasteiger partial charge is 0.490 e. The first-order valence-corrected chi connectivity index (χ1v) is 7.02. The van der Waals surface area contributed by atoms with Crippen LogP contribution in [0, 0.1) is 13.8 Å². The van der Waals surface area contributed by atoms with Crippen molar-refractivity contribution in [1.82, 2.24) is 0 Å². The Morgan fingerprint density at radius 3 is 2.43 bits per heavy atom. The molecule has 110 valence electrons. The highest BCUT2D eigenvalue weighted by atomic mass is 16.6. The fourth-order valence-electron chi connectivity index (χ4n) is 1.89. The van der Waals surface area contributed by atoms with E-state index in [4.69, 9.17) is 9.47 Å². The molecule has 0 aliphatic carbocycles. The van der Waals surface area contributed by atoms with E-state index in [1.807, 2.05) is 57.2 Å². The first-order chi connectivity index (χ1) is 10.0. The number of carbonyl (C=O) groups excluding carboxylic acids is 1. The number of esters is 1. The van der Waals surface area contributed by atoms with Crippen molar-refractivity contribution in [2.45, 2.75) is 26.9 Å². The summed E-state index contributed by atoms with van der Waals surface area (Å²) in [6.07, 6.45) is -0.306. The summed E-state index contributed by atoms with van der Waals surface area (Å²) < 4.78 is 11.0. The van der Waals surface area contributed by atoms with Gasteiger partial charge in [-0.2, -0.15) is 0 Å². The molecule has 0 saturated carbocycles. The lowest BCUT2D eigenvalue weighted by Crippen LogP contribution is -2.22. The lowest BCUT2D eigenvalue weighted by molar-refractivity contribution is 0.0228. The van der Waals surface area contributed by atoms with Gasteiger partial charge in [0.15, 0.2) is 0 Å². The van der Waals surface area contributed by atoms with E-state index in [2.05, 4.69) is 0 Å². The average molecular weight is 284 g/mol. The molecule has 0 N–H and O–H groups in total. The highest BCUT2D eigenvalue weighted by Gasteiger charge is 2.12. The van der Waals surface area contributed by atoms with Gasteiger partial charge in [0.2, 0.25) is 0 Å². The molecule has 3 heteroatoms. The van der Waals surface area contributed by atoms with Crippen LogP contribution in [0.1, 0.15) is 28.4 Å². The zero-order valence-electron chi connectivity index (χ0n) is 12.6. The molecule has 2 rings (SSSR count). The Kier molecular flexibility index (Phi) is 4.99. The van der Waals surface area contributed by atoms with Crippen LogP contribution in [0.4, 0.5) is 0 Å². The maximum atomic E-state index is 12.0.